The molecule has 0 aromatic rings. The van der Waals surface area contributed by atoms with Crippen LogP contribution in [0, 0.1) is 0 Å². The first kappa shape index (κ1) is 12.0. The van der Waals surface area contributed by atoms with E-state index in [9.17, 15) is 5.11 Å². The molecule has 3 heteroatoms. The lowest BCUT2D eigenvalue weighted by Crippen LogP contribution is -2.47. The standard InChI is InChI=1S/C11H24N2O/c1-3-11(14,4-2)9-13-10-5-7-12-8-6-10/h10,12-14H,3-9H2,1-2H3. The number of rotatable bonds is 5. The van der Waals surface area contributed by atoms with Crippen LogP contribution in [-0.4, -0.2) is 36.4 Å². The lowest BCUT2D eigenvalue weighted by atomic mass is 9.96. The van der Waals surface area contributed by atoms with Crippen molar-refractivity contribution in [3.63, 3.8) is 0 Å². The van der Waals surface area contributed by atoms with Crippen LogP contribution in [-0.2, 0) is 0 Å². The van der Waals surface area contributed by atoms with Gasteiger partial charge in [-0.25, -0.2) is 0 Å². The molecule has 1 aliphatic rings. The van der Waals surface area contributed by atoms with Gasteiger partial charge in [-0.05, 0) is 38.8 Å². The van der Waals surface area contributed by atoms with E-state index in [-0.39, 0.29) is 0 Å². The zero-order chi connectivity index (χ0) is 10.4. The Labute approximate surface area is 87.3 Å². The Kier molecular flexibility index (Phi) is 4.85. The molecule has 0 atom stereocenters. The van der Waals surface area contributed by atoms with Crippen molar-refractivity contribution >= 4 is 0 Å². The third-order valence-electron chi connectivity index (χ3n) is 3.38. The normalized spacial score (nSPS) is 19.9. The maximum absolute atomic E-state index is 10.1. The van der Waals surface area contributed by atoms with Crippen LogP contribution in [0.25, 0.3) is 0 Å². The predicted molar refractivity (Wildman–Crippen MR) is 59.4 cm³/mol. The molecule has 1 fully saturated rings. The third-order valence-corrected chi connectivity index (χ3v) is 3.38. The van der Waals surface area contributed by atoms with Crippen molar-refractivity contribution in [2.24, 2.45) is 0 Å². The second kappa shape index (κ2) is 5.69. The molecule has 3 N–H and O–H groups in total. The molecule has 0 saturated carbocycles. The molecule has 0 bridgehead atoms. The molecule has 0 unspecified atom stereocenters. The van der Waals surface area contributed by atoms with E-state index in [0.717, 1.165) is 32.5 Å². The Morgan fingerprint density at radius 1 is 1.29 bits per heavy atom. The molecule has 3 nitrogen and oxygen atoms in total. The largest absolute Gasteiger partial charge is 0.389 e. The van der Waals surface area contributed by atoms with E-state index in [1.165, 1.54) is 12.8 Å². The highest BCUT2D eigenvalue weighted by molar-refractivity contribution is 4.82. The minimum atomic E-state index is -0.495. The smallest absolute Gasteiger partial charge is 0.0766 e. The molecule has 1 rings (SSSR count). The Hall–Kier alpha value is -0.120. The Morgan fingerprint density at radius 2 is 1.86 bits per heavy atom. The van der Waals surface area contributed by atoms with Crippen LogP contribution in [0.5, 0.6) is 0 Å². The van der Waals surface area contributed by atoms with Crippen molar-refractivity contribution in [3.8, 4) is 0 Å². The highest BCUT2D eigenvalue weighted by Crippen LogP contribution is 2.14. The van der Waals surface area contributed by atoms with Gasteiger partial charge < -0.3 is 15.7 Å². The predicted octanol–water partition coefficient (Wildman–Crippen LogP) is 0.879. The van der Waals surface area contributed by atoms with Crippen molar-refractivity contribution in [2.45, 2.75) is 51.2 Å². The third kappa shape index (κ3) is 3.56. The fraction of sp³-hybridized carbons (Fsp3) is 1.00. The summed E-state index contributed by atoms with van der Waals surface area (Å²) in [5, 5.41) is 16.9. The lowest BCUT2D eigenvalue weighted by molar-refractivity contribution is 0.0289. The lowest BCUT2D eigenvalue weighted by Gasteiger charge is -2.30. The second-order valence-corrected chi connectivity index (χ2v) is 4.34. The summed E-state index contributed by atoms with van der Waals surface area (Å²) in [4.78, 5) is 0. The fourth-order valence-electron chi connectivity index (χ4n) is 1.86. The SMILES string of the molecule is CCC(O)(CC)CNC1CCNCC1. The highest BCUT2D eigenvalue weighted by Gasteiger charge is 2.23. The molecule has 0 radical (unpaired) electrons. The first-order valence-electron chi connectivity index (χ1n) is 5.86. The van der Waals surface area contributed by atoms with Crippen LogP contribution in [0.1, 0.15) is 39.5 Å². The monoisotopic (exact) mass is 200 g/mol. The fourth-order valence-corrected chi connectivity index (χ4v) is 1.86. The van der Waals surface area contributed by atoms with E-state index in [1.54, 1.807) is 0 Å². The van der Waals surface area contributed by atoms with Crippen LogP contribution in [0.15, 0.2) is 0 Å². The second-order valence-electron chi connectivity index (χ2n) is 4.34. The Morgan fingerprint density at radius 3 is 2.36 bits per heavy atom. The molecule has 0 aliphatic carbocycles. The van der Waals surface area contributed by atoms with Gasteiger partial charge in [0, 0.05) is 12.6 Å². The maximum atomic E-state index is 10.1. The zero-order valence-corrected chi connectivity index (χ0v) is 9.47. The Balaban J connectivity index is 2.23. The van der Waals surface area contributed by atoms with E-state index in [1.807, 2.05) is 13.8 Å². The van der Waals surface area contributed by atoms with Crippen LogP contribution < -0.4 is 10.6 Å². The number of nitrogens with one attached hydrogen (secondary N) is 2. The number of piperidine rings is 1. The molecule has 0 amide bonds. The van der Waals surface area contributed by atoms with Gasteiger partial charge in [0.05, 0.1) is 5.60 Å². The van der Waals surface area contributed by atoms with Gasteiger partial charge in [0.25, 0.3) is 0 Å². The molecule has 0 aromatic heterocycles. The summed E-state index contributed by atoms with van der Waals surface area (Å²) < 4.78 is 0. The zero-order valence-electron chi connectivity index (χ0n) is 9.47. The molecule has 84 valence electrons. The van der Waals surface area contributed by atoms with Gasteiger partial charge in [0.1, 0.15) is 0 Å². The van der Waals surface area contributed by atoms with Crippen LogP contribution in [0.3, 0.4) is 0 Å². The maximum Gasteiger partial charge on any atom is 0.0766 e. The summed E-state index contributed by atoms with van der Waals surface area (Å²) in [5.74, 6) is 0. The van der Waals surface area contributed by atoms with Gasteiger partial charge in [-0.1, -0.05) is 13.8 Å². The first-order valence-corrected chi connectivity index (χ1v) is 5.86. The minimum Gasteiger partial charge on any atom is -0.389 e. The number of hydrogen-bond donors (Lipinski definition) is 3. The summed E-state index contributed by atoms with van der Waals surface area (Å²) in [6.07, 6.45) is 4.04. The van der Waals surface area contributed by atoms with Gasteiger partial charge in [-0.3, -0.25) is 0 Å². The van der Waals surface area contributed by atoms with E-state index in [0.29, 0.717) is 6.04 Å². The number of hydrogen-bond acceptors (Lipinski definition) is 3. The van der Waals surface area contributed by atoms with E-state index >= 15 is 0 Å². The average molecular weight is 200 g/mol. The van der Waals surface area contributed by atoms with Gasteiger partial charge in [0.2, 0.25) is 0 Å². The molecule has 1 saturated heterocycles. The topological polar surface area (TPSA) is 44.3 Å². The highest BCUT2D eigenvalue weighted by atomic mass is 16.3. The molecule has 1 aliphatic heterocycles. The van der Waals surface area contributed by atoms with Gasteiger partial charge in [-0.2, -0.15) is 0 Å². The molecule has 0 aromatic carbocycles. The molecule has 14 heavy (non-hydrogen) atoms. The summed E-state index contributed by atoms with van der Waals surface area (Å²) in [6, 6.07) is 0.598. The van der Waals surface area contributed by atoms with E-state index < -0.39 is 5.60 Å². The van der Waals surface area contributed by atoms with Crippen LogP contribution in [0.4, 0.5) is 0 Å². The number of aliphatic hydroxyl groups is 1. The molecular weight excluding hydrogens is 176 g/mol. The summed E-state index contributed by atoms with van der Waals surface area (Å²) in [6.45, 7) is 7.05. The van der Waals surface area contributed by atoms with Crippen molar-refractivity contribution in [2.75, 3.05) is 19.6 Å². The van der Waals surface area contributed by atoms with Gasteiger partial charge in [0.15, 0.2) is 0 Å². The molecule has 1 heterocycles. The molecule has 0 spiro atoms. The van der Waals surface area contributed by atoms with Crippen molar-refractivity contribution in [3.05, 3.63) is 0 Å². The minimum absolute atomic E-state index is 0.495. The molecular formula is C11H24N2O. The van der Waals surface area contributed by atoms with Crippen LogP contribution in [0.2, 0.25) is 0 Å². The summed E-state index contributed by atoms with van der Waals surface area (Å²) >= 11 is 0. The van der Waals surface area contributed by atoms with Crippen molar-refractivity contribution in [1.29, 1.82) is 0 Å². The summed E-state index contributed by atoms with van der Waals surface area (Å²) in [5.41, 5.74) is -0.495. The van der Waals surface area contributed by atoms with Gasteiger partial charge in [-0.15, -0.1) is 0 Å². The average Bonchev–Trinajstić information content (AvgIpc) is 2.27. The van der Waals surface area contributed by atoms with E-state index in [2.05, 4.69) is 10.6 Å². The quantitative estimate of drug-likeness (QED) is 0.617. The van der Waals surface area contributed by atoms with Crippen LogP contribution >= 0.6 is 0 Å². The Bertz CT molecular complexity index is 151. The van der Waals surface area contributed by atoms with Crippen molar-refractivity contribution < 1.29 is 5.11 Å². The van der Waals surface area contributed by atoms with E-state index in [4.69, 9.17) is 0 Å². The van der Waals surface area contributed by atoms with Crippen molar-refractivity contribution in [1.82, 2.24) is 10.6 Å². The van der Waals surface area contributed by atoms with Gasteiger partial charge >= 0.3 is 0 Å². The first-order chi connectivity index (χ1) is 6.70. The summed E-state index contributed by atoms with van der Waals surface area (Å²) in [7, 11) is 0.